The Morgan fingerprint density at radius 3 is 2.70 bits per heavy atom. The quantitative estimate of drug-likeness (QED) is 0.841. The number of aromatic nitrogens is 1. The minimum Gasteiger partial charge on any atom is -0.339 e. The molecule has 0 saturated carbocycles. The number of hydrogen-bond donors (Lipinski definition) is 0. The van der Waals surface area contributed by atoms with Crippen LogP contribution in [0.4, 0.5) is 0 Å². The fourth-order valence-electron chi connectivity index (χ4n) is 3.51. The van der Waals surface area contributed by atoms with Crippen LogP contribution >= 0.6 is 0 Å². The predicted molar refractivity (Wildman–Crippen MR) is 92.2 cm³/mol. The Bertz CT molecular complexity index is 627. The van der Waals surface area contributed by atoms with Crippen molar-refractivity contribution in [3.63, 3.8) is 0 Å². The first-order chi connectivity index (χ1) is 11.3. The van der Waals surface area contributed by atoms with Crippen molar-refractivity contribution in [1.29, 1.82) is 0 Å². The third kappa shape index (κ3) is 3.61. The third-order valence-electron chi connectivity index (χ3n) is 4.77. The molecule has 3 heteroatoms. The number of rotatable bonds is 5. The molecule has 120 valence electrons. The number of nitrogens with zero attached hydrogens (tertiary/aromatic N) is 2. The smallest absolute Gasteiger partial charge is 0.230 e. The Morgan fingerprint density at radius 2 is 2.00 bits per heavy atom. The van der Waals surface area contributed by atoms with Gasteiger partial charge in [-0.05, 0) is 37.0 Å². The predicted octanol–water partition coefficient (Wildman–Crippen LogP) is 3.81. The number of likely N-dealkylation sites (tertiary alicyclic amines) is 1. The van der Waals surface area contributed by atoms with Crippen LogP contribution in [0.15, 0.2) is 54.7 Å². The van der Waals surface area contributed by atoms with Crippen LogP contribution in [0.1, 0.15) is 43.4 Å². The van der Waals surface area contributed by atoms with Crippen LogP contribution in [-0.2, 0) is 11.2 Å². The maximum absolute atomic E-state index is 13.2. The topological polar surface area (TPSA) is 33.2 Å². The Labute approximate surface area is 138 Å². The molecule has 0 spiro atoms. The lowest BCUT2D eigenvalue weighted by Gasteiger charge is -2.28. The number of carbonyl (C=O) groups excluding carboxylic acids is 1. The van der Waals surface area contributed by atoms with Gasteiger partial charge in [-0.2, -0.15) is 0 Å². The zero-order valence-corrected chi connectivity index (χ0v) is 13.7. The van der Waals surface area contributed by atoms with Crippen molar-refractivity contribution in [2.24, 2.45) is 0 Å². The second-order valence-electron chi connectivity index (χ2n) is 6.22. The highest BCUT2D eigenvalue weighted by atomic mass is 16.2. The van der Waals surface area contributed by atoms with Crippen molar-refractivity contribution in [2.45, 2.75) is 44.6 Å². The maximum Gasteiger partial charge on any atom is 0.230 e. The summed E-state index contributed by atoms with van der Waals surface area (Å²) in [7, 11) is 0. The average Bonchev–Trinajstić information content (AvgIpc) is 3.09. The fourth-order valence-corrected chi connectivity index (χ4v) is 3.51. The van der Waals surface area contributed by atoms with Gasteiger partial charge >= 0.3 is 0 Å². The molecule has 2 unspecified atom stereocenters. The first-order valence-electron chi connectivity index (χ1n) is 8.55. The Kier molecular flexibility index (Phi) is 5.06. The van der Waals surface area contributed by atoms with E-state index in [2.05, 4.69) is 28.9 Å². The summed E-state index contributed by atoms with van der Waals surface area (Å²) in [5.74, 6) is 0.115. The fraction of sp³-hybridized carbons (Fsp3) is 0.400. The van der Waals surface area contributed by atoms with Crippen molar-refractivity contribution >= 4 is 5.91 Å². The van der Waals surface area contributed by atoms with E-state index in [1.54, 1.807) is 6.20 Å². The van der Waals surface area contributed by atoms with E-state index in [9.17, 15) is 4.79 Å². The minimum absolute atomic E-state index is 0.141. The van der Waals surface area contributed by atoms with Gasteiger partial charge in [-0.1, -0.05) is 43.3 Å². The Balaban J connectivity index is 1.87. The molecule has 3 rings (SSSR count). The standard InChI is InChI=1S/C20H24N2O/c1-2-18-12-8-14-22(18)20(23)19(16-9-4-3-5-10-16)15-17-11-6-7-13-21-17/h3-7,9-11,13,18-19H,2,8,12,14-15H2,1H3. The van der Waals surface area contributed by atoms with Crippen LogP contribution in [0.25, 0.3) is 0 Å². The van der Waals surface area contributed by atoms with E-state index in [0.717, 1.165) is 37.1 Å². The summed E-state index contributed by atoms with van der Waals surface area (Å²) in [6.07, 6.45) is 5.75. The van der Waals surface area contributed by atoms with Gasteiger partial charge < -0.3 is 4.90 Å². The number of benzene rings is 1. The zero-order valence-electron chi connectivity index (χ0n) is 13.7. The summed E-state index contributed by atoms with van der Waals surface area (Å²) in [5.41, 5.74) is 2.06. The van der Waals surface area contributed by atoms with Gasteiger partial charge in [-0.25, -0.2) is 0 Å². The summed E-state index contributed by atoms with van der Waals surface area (Å²) in [6, 6.07) is 16.4. The van der Waals surface area contributed by atoms with Crippen molar-refractivity contribution in [3.05, 3.63) is 66.0 Å². The highest BCUT2D eigenvalue weighted by molar-refractivity contribution is 5.84. The molecule has 2 aromatic rings. The molecule has 1 aromatic carbocycles. The molecule has 1 fully saturated rings. The van der Waals surface area contributed by atoms with Crippen LogP contribution in [0, 0.1) is 0 Å². The summed E-state index contributed by atoms with van der Waals surface area (Å²) < 4.78 is 0. The Morgan fingerprint density at radius 1 is 1.22 bits per heavy atom. The molecule has 2 atom stereocenters. The van der Waals surface area contributed by atoms with E-state index >= 15 is 0 Å². The van der Waals surface area contributed by atoms with E-state index in [4.69, 9.17) is 0 Å². The zero-order chi connectivity index (χ0) is 16.1. The van der Waals surface area contributed by atoms with Crippen molar-refractivity contribution < 1.29 is 4.79 Å². The van der Waals surface area contributed by atoms with Gasteiger partial charge in [0.15, 0.2) is 0 Å². The molecule has 1 aliphatic heterocycles. The monoisotopic (exact) mass is 308 g/mol. The molecule has 1 saturated heterocycles. The lowest BCUT2D eigenvalue weighted by atomic mass is 9.92. The average molecular weight is 308 g/mol. The van der Waals surface area contributed by atoms with E-state index < -0.39 is 0 Å². The van der Waals surface area contributed by atoms with Gasteiger partial charge in [0.2, 0.25) is 5.91 Å². The second kappa shape index (κ2) is 7.40. The summed E-state index contributed by atoms with van der Waals surface area (Å²) in [4.78, 5) is 19.7. The summed E-state index contributed by atoms with van der Waals surface area (Å²) >= 11 is 0. The lowest BCUT2D eigenvalue weighted by molar-refractivity contribution is -0.133. The van der Waals surface area contributed by atoms with Crippen LogP contribution < -0.4 is 0 Å². The number of pyridine rings is 1. The minimum atomic E-state index is -0.141. The normalized spacial score (nSPS) is 18.8. The first kappa shape index (κ1) is 15.7. The van der Waals surface area contributed by atoms with Gasteiger partial charge in [0.05, 0.1) is 5.92 Å². The molecule has 1 aliphatic rings. The van der Waals surface area contributed by atoms with E-state index in [1.807, 2.05) is 36.4 Å². The van der Waals surface area contributed by atoms with Crippen molar-refractivity contribution in [3.8, 4) is 0 Å². The lowest BCUT2D eigenvalue weighted by Crippen LogP contribution is -2.39. The second-order valence-corrected chi connectivity index (χ2v) is 6.22. The van der Waals surface area contributed by atoms with Crippen LogP contribution in [0.2, 0.25) is 0 Å². The summed E-state index contributed by atoms with van der Waals surface area (Å²) in [6.45, 7) is 3.06. The van der Waals surface area contributed by atoms with Crippen LogP contribution in [-0.4, -0.2) is 28.4 Å². The van der Waals surface area contributed by atoms with Gasteiger partial charge in [-0.15, -0.1) is 0 Å². The number of amides is 1. The highest BCUT2D eigenvalue weighted by Crippen LogP contribution is 2.28. The van der Waals surface area contributed by atoms with Crippen LogP contribution in [0.3, 0.4) is 0 Å². The first-order valence-corrected chi connectivity index (χ1v) is 8.55. The van der Waals surface area contributed by atoms with E-state index in [0.29, 0.717) is 12.5 Å². The number of carbonyl (C=O) groups is 1. The molecule has 0 N–H and O–H groups in total. The van der Waals surface area contributed by atoms with Gasteiger partial charge in [0.1, 0.15) is 0 Å². The third-order valence-corrected chi connectivity index (χ3v) is 4.77. The maximum atomic E-state index is 13.2. The molecule has 1 amide bonds. The molecule has 0 aliphatic carbocycles. The van der Waals surface area contributed by atoms with Crippen molar-refractivity contribution in [1.82, 2.24) is 9.88 Å². The largest absolute Gasteiger partial charge is 0.339 e. The molecule has 1 aromatic heterocycles. The van der Waals surface area contributed by atoms with E-state index in [1.165, 1.54) is 0 Å². The molecule has 23 heavy (non-hydrogen) atoms. The molecule has 0 radical (unpaired) electrons. The molecule has 0 bridgehead atoms. The van der Waals surface area contributed by atoms with Gasteiger partial charge in [0.25, 0.3) is 0 Å². The molecular formula is C20H24N2O. The van der Waals surface area contributed by atoms with Crippen LogP contribution in [0.5, 0.6) is 0 Å². The van der Waals surface area contributed by atoms with Gasteiger partial charge in [-0.3, -0.25) is 9.78 Å². The number of hydrogen-bond acceptors (Lipinski definition) is 2. The molecule has 2 heterocycles. The SMILES string of the molecule is CCC1CCCN1C(=O)C(Cc1ccccn1)c1ccccc1. The highest BCUT2D eigenvalue weighted by Gasteiger charge is 2.33. The Hall–Kier alpha value is -2.16. The molecular weight excluding hydrogens is 284 g/mol. The van der Waals surface area contributed by atoms with E-state index in [-0.39, 0.29) is 11.8 Å². The summed E-state index contributed by atoms with van der Waals surface area (Å²) in [5, 5.41) is 0. The van der Waals surface area contributed by atoms with Gasteiger partial charge in [0, 0.05) is 30.9 Å². The molecule has 3 nitrogen and oxygen atoms in total. The van der Waals surface area contributed by atoms with Crippen molar-refractivity contribution in [2.75, 3.05) is 6.54 Å².